The van der Waals surface area contributed by atoms with Crippen molar-refractivity contribution in [2.45, 2.75) is 49.8 Å². The van der Waals surface area contributed by atoms with E-state index >= 15 is 0 Å². The lowest BCUT2D eigenvalue weighted by Gasteiger charge is -2.20. The fourth-order valence-corrected chi connectivity index (χ4v) is 6.38. The molecule has 1 aliphatic rings. The first-order valence-electron chi connectivity index (χ1n) is 9.44. The van der Waals surface area contributed by atoms with Crippen LogP contribution in [0.4, 0.5) is 5.69 Å². The molecular weight excluding hydrogens is 396 g/mol. The lowest BCUT2D eigenvalue weighted by atomic mass is 10.1. The zero-order valence-corrected chi connectivity index (χ0v) is 18.0. The summed E-state index contributed by atoms with van der Waals surface area (Å²) in [6, 6.07) is 9.79. The molecule has 0 spiro atoms. The van der Waals surface area contributed by atoms with E-state index in [1.807, 2.05) is 6.07 Å². The van der Waals surface area contributed by atoms with Crippen molar-refractivity contribution >= 4 is 25.7 Å². The van der Waals surface area contributed by atoms with Crippen molar-refractivity contribution in [2.24, 2.45) is 0 Å². The van der Waals surface area contributed by atoms with Crippen LogP contribution in [0.5, 0.6) is 0 Å². The molecule has 0 bridgehead atoms. The number of hydrogen-bond acceptors (Lipinski definition) is 4. The lowest BCUT2D eigenvalue weighted by molar-refractivity contribution is 0.445. The molecule has 0 unspecified atom stereocenters. The van der Waals surface area contributed by atoms with Crippen LogP contribution in [0.15, 0.2) is 46.2 Å². The molecule has 0 aromatic heterocycles. The number of aryl methyl sites for hydroxylation is 3. The average Bonchev–Trinajstić information content (AvgIpc) is 3.11. The number of nitrogens with zero attached hydrogens (tertiary/aromatic N) is 1. The lowest BCUT2D eigenvalue weighted by Crippen LogP contribution is -2.31. The minimum Gasteiger partial charge on any atom is -0.280 e. The first-order chi connectivity index (χ1) is 13.2. The second kappa shape index (κ2) is 7.85. The Hall–Kier alpha value is -1.90. The van der Waals surface area contributed by atoms with Gasteiger partial charge in [-0.3, -0.25) is 4.72 Å². The van der Waals surface area contributed by atoms with E-state index < -0.39 is 20.0 Å². The molecule has 28 heavy (non-hydrogen) atoms. The van der Waals surface area contributed by atoms with Gasteiger partial charge in [-0.1, -0.05) is 26.0 Å². The highest BCUT2D eigenvalue weighted by molar-refractivity contribution is 7.92. The summed E-state index contributed by atoms with van der Waals surface area (Å²) in [5.41, 5.74) is 3.07. The molecule has 1 N–H and O–H groups in total. The number of hydrogen-bond donors (Lipinski definition) is 1. The topological polar surface area (TPSA) is 83.6 Å². The quantitative estimate of drug-likeness (QED) is 0.742. The smallest absolute Gasteiger partial charge is 0.261 e. The Morgan fingerprint density at radius 2 is 1.61 bits per heavy atom. The molecule has 1 aliphatic carbocycles. The third-order valence-electron chi connectivity index (χ3n) is 5.14. The molecule has 0 saturated carbocycles. The number of anilines is 1. The standard InChI is InChI=1S/C20H26N2O4S2/c1-4-22(5-2)28(25,26)20-14-18(11-9-15(20)3)21-27(23,24)19-12-10-16-7-6-8-17(16)13-19/h9-14,21H,4-8H2,1-3H3. The Labute approximate surface area is 167 Å². The Kier molecular flexibility index (Phi) is 5.84. The molecule has 2 aromatic carbocycles. The number of nitrogens with one attached hydrogen (secondary N) is 1. The summed E-state index contributed by atoms with van der Waals surface area (Å²) in [6.45, 7) is 5.95. The second-order valence-electron chi connectivity index (χ2n) is 6.96. The Bertz CT molecular complexity index is 1090. The van der Waals surface area contributed by atoms with Crippen molar-refractivity contribution in [3.05, 3.63) is 53.1 Å². The fourth-order valence-electron chi connectivity index (χ4n) is 3.57. The van der Waals surface area contributed by atoms with Gasteiger partial charge in [-0.25, -0.2) is 16.8 Å². The predicted molar refractivity (Wildman–Crippen MR) is 111 cm³/mol. The first kappa shape index (κ1) is 20.8. The summed E-state index contributed by atoms with van der Waals surface area (Å²) >= 11 is 0. The van der Waals surface area contributed by atoms with E-state index in [2.05, 4.69) is 4.72 Å². The summed E-state index contributed by atoms with van der Waals surface area (Å²) in [6.07, 6.45) is 2.90. The third-order valence-corrected chi connectivity index (χ3v) is 8.71. The van der Waals surface area contributed by atoms with Crippen LogP contribution in [-0.4, -0.2) is 34.2 Å². The molecule has 152 valence electrons. The van der Waals surface area contributed by atoms with Crippen LogP contribution in [0.25, 0.3) is 0 Å². The van der Waals surface area contributed by atoms with Gasteiger partial charge in [0.05, 0.1) is 15.5 Å². The molecule has 0 saturated heterocycles. The van der Waals surface area contributed by atoms with Gasteiger partial charge in [0.2, 0.25) is 10.0 Å². The van der Waals surface area contributed by atoms with E-state index in [1.54, 1.807) is 45.0 Å². The van der Waals surface area contributed by atoms with Crippen LogP contribution >= 0.6 is 0 Å². The van der Waals surface area contributed by atoms with Gasteiger partial charge in [0.1, 0.15) is 0 Å². The largest absolute Gasteiger partial charge is 0.280 e. The average molecular weight is 423 g/mol. The van der Waals surface area contributed by atoms with E-state index in [0.29, 0.717) is 18.7 Å². The minimum atomic E-state index is -3.80. The van der Waals surface area contributed by atoms with Gasteiger partial charge in [-0.05, 0) is 67.1 Å². The van der Waals surface area contributed by atoms with Crippen LogP contribution < -0.4 is 4.72 Å². The van der Waals surface area contributed by atoms with Crippen molar-refractivity contribution in [3.8, 4) is 0 Å². The number of fused-ring (bicyclic) bond motifs is 1. The van der Waals surface area contributed by atoms with Crippen molar-refractivity contribution in [1.82, 2.24) is 4.31 Å². The normalized spacial score (nSPS) is 14.3. The van der Waals surface area contributed by atoms with Crippen molar-refractivity contribution in [3.63, 3.8) is 0 Å². The van der Waals surface area contributed by atoms with Gasteiger partial charge < -0.3 is 0 Å². The van der Waals surface area contributed by atoms with E-state index in [-0.39, 0.29) is 15.5 Å². The van der Waals surface area contributed by atoms with Crippen molar-refractivity contribution < 1.29 is 16.8 Å². The third kappa shape index (κ3) is 3.94. The zero-order chi connectivity index (χ0) is 20.5. The van der Waals surface area contributed by atoms with Gasteiger partial charge in [0, 0.05) is 13.1 Å². The molecule has 2 aromatic rings. The molecule has 8 heteroatoms. The van der Waals surface area contributed by atoms with E-state index in [4.69, 9.17) is 0 Å². The maximum atomic E-state index is 12.9. The van der Waals surface area contributed by atoms with Gasteiger partial charge in [0.15, 0.2) is 0 Å². The van der Waals surface area contributed by atoms with Gasteiger partial charge in [-0.2, -0.15) is 4.31 Å². The Morgan fingerprint density at radius 1 is 0.929 bits per heavy atom. The highest BCUT2D eigenvalue weighted by Crippen LogP contribution is 2.28. The molecule has 0 heterocycles. The summed E-state index contributed by atoms with van der Waals surface area (Å²) in [4.78, 5) is 0.312. The molecule has 3 rings (SSSR count). The number of sulfonamides is 2. The van der Waals surface area contributed by atoms with Crippen molar-refractivity contribution in [2.75, 3.05) is 17.8 Å². The van der Waals surface area contributed by atoms with E-state index in [1.165, 1.54) is 15.9 Å². The summed E-state index contributed by atoms with van der Waals surface area (Å²) in [5.74, 6) is 0. The first-order valence-corrected chi connectivity index (χ1v) is 12.4. The maximum absolute atomic E-state index is 12.9. The Morgan fingerprint density at radius 3 is 2.29 bits per heavy atom. The summed E-state index contributed by atoms with van der Waals surface area (Å²) < 4.78 is 55.3. The van der Waals surface area contributed by atoms with Crippen molar-refractivity contribution in [1.29, 1.82) is 0 Å². The highest BCUT2D eigenvalue weighted by Gasteiger charge is 2.25. The van der Waals surface area contributed by atoms with Gasteiger partial charge in [0.25, 0.3) is 10.0 Å². The molecule has 0 radical (unpaired) electrons. The van der Waals surface area contributed by atoms with Gasteiger partial charge >= 0.3 is 0 Å². The zero-order valence-electron chi connectivity index (χ0n) is 16.4. The number of rotatable bonds is 7. The number of benzene rings is 2. The summed E-state index contributed by atoms with van der Waals surface area (Å²) in [5, 5.41) is 0. The molecule has 0 amide bonds. The van der Waals surface area contributed by atoms with Crippen LogP contribution in [0, 0.1) is 6.92 Å². The predicted octanol–water partition coefficient (Wildman–Crippen LogP) is 3.32. The van der Waals surface area contributed by atoms with Crippen LogP contribution in [0.1, 0.15) is 37.0 Å². The molecule has 0 atom stereocenters. The van der Waals surface area contributed by atoms with Crippen LogP contribution in [-0.2, 0) is 32.9 Å². The maximum Gasteiger partial charge on any atom is 0.261 e. The van der Waals surface area contributed by atoms with E-state index in [9.17, 15) is 16.8 Å². The minimum absolute atomic E-state index is 0.116. The Balaban J connectivity index is 1.95. The SMILES string of the molecule is CCN(CC)S(=O)(=O)c1cc(NS(=O)(=O)c2ccc3c(c2)CCC3)ccc1C. The molecular formula is C20H26N2O4S2. The molecule has 0 aliphatic heterocycles. The second-order valence-corrected chi connectivity index (χ2v) is 10.5. The monoisotopic (exact) mass is 422 g/mol. The van der Waals surface area contributed by atoms with Crippen LogP contribution in [0.3, 0.4) is 0 Å². The molecule has 6 nitrogen and oxygen atoms in total. The van der Waals surface area contributed by atoms with Crippen LogP contribution in [0.2, 0.25) is 0 Å². The highest BCUT2D eigenvalue weighted by atomic mass is 32.2. The summed E-state index contributed by atoms with van der Waals surface area (Å²) in [7, 11) is -7.48. The van der Waals surface area contributed by atoms with Gasteiger partial charge in [-0.15, -0.1) is 0 Å². The fraction of sp³-hybridized carbons (Fsp3) is 0.400. The van der Waals surface area contributed by atoms with E-state index in [0.717, 1.165) is 24.8 Å². The molecule has 0 fully saturated rings.